The largest absolute Gasteiger partial charge is 0.457 e. The minimum atomic E-state index is -8.67. The second kappa shape index (κ2) is 5.48. The minimum absolute atomic E-state index is 1.20. The Morgan fingerprint density at radius 2 is 0.893 bits per heavy atom. The van der Waals surface area contributed by atoms with Gasteiger partial charge in [0.25, 0.3) is 0 Å². The second-order valence-corrected chi connectivity index (χ2v) is 6.74. The third-order valence-corrected chi connectivity index (χ3v) is 5.05. The van der Waals surface area contributed by atoms with E-state index in [0.29, 0.717) is 0 Å². The first-order chi connectivity index (χ1) is 11.8. The number of halogens is 16. The summed E-state index contributed by atoms with van der Waals surface area (Å²) in [5.41, 5.74) is -8.67. The average molecular weight is 480 g/mol. The summed E-state index contributed by atoms with van der Waals surface area (Å²) >= 11 is 0. The fraction of sp³-hybridized carbons (Fsp3) is 1.00. The van der Waals surface area contributed by atoms with Gasteiger partial charge in [-0.1, -0.05) is 4.39 Å². The Balaban J connectivity index is 4.27. The molecule has 0 atom stereocenters. The highest BCUT2D eigenvalue weighted by Gasteiger charge is 3.08. The number of rotatable bonds is 3. The third kappa shape index (κ3) is 2.05. The Bertz CT molecular complexity index is 722. The van der Waals surface area contributed by atoms with Crippen LogP contribution < -0.4 is 0 Å². The molecule has 20 heteroatoms. The summed E-state index contributed by atoms with van der Waals surface area (Å²) in [4.78, 5) is 0. The molecular weight excluding hydrogens is 480 g/mol. The lowest BCUT2D eigenvalue weighted by atomic mass is 9.69. The Kier molecular flexibility index (Phi) is 4.86. The number of alkyl halides is 15. The van der Waals surface area contributed by atoms with Crippen LogP contribution in [0.4, 0.5) is 70.4 Å². The molecule has 0 aliphatic heterocycles. The number of hydrogen-bond acceptors (Lipinski definition) is 3. The van der Waals surface area contributed by atoms with Gasteiger partial charge in [0, 0.05) is 0 Å². The maximum Gasteiger partial charge on any atom is 0.457 e. The lowest BCUT2D eigenvalue weighted by molar-refractivity contribution is -0.493. The van der Waals surface area contributed by atoms with E-state index in [9.17, 15) is 78.8 Å². The molecule has 0 aromatic carbocycles. The fourth-order valence-electron chi connectivity index (χ4n) is 2.18. The second-order valence-electron chi connectivity index (χ2n) is 5.14. The molecule has 0 heterocycles. The van der Waals surface area contributed by atoms with Crippen molar-refractivity contribution in [3.8, 4) is 0 Å². The molecule has 1 saturated carbocycles. The maximum absolute atomic E-state index is 13.8. The lowest BCUT2D eigenvalue weighted by Gasteiger charge is -2.55. The zero-order valence-electron chi connectivity index (χ0n) is 11.7. The van der Waals surface area contributed by atoms with Crippen molar-refractivity contribution < 1.29 is 83.2 Å². The average Bonchev–Trinajstić information content (AvgIpc) is 2.49. The fourth-order valence-corrected chi connectivity index (χ4v) is 3.15. The summed E-state index contributed by atoms with van der Waals surface area (Å²) in [5, 5.41) is -8.05. The van der Waals surface area contributed by atoms with E-state index < -0.39 is 56.6 Å². The van der Waals surface area contributed by atoms with E-state index in [2.05, 4.69) is 0 Å². The van der Waals surface area contributed by atoms with Gasteiger partial charge in [0.15, 0.2) is 0 Å². The molecular formula is C8F16O3S. The Morgan fingerprint density at radius 1 is 0.607 bits per heavy atom. The van der Waals surface area contributed by atoms with Crippen molar-refractivity contribution in [3.63, 3.8) is 0 Å². The van der Waals surface area contributed by atoms with Gasteiger partial charge in [-0.25, -0.2) is 8.78 Å². The summed E-state index contributed by atoms with van der Waals surface area (Å²) in [6.45, 7) is 0. The van der Waals surface area contributed by atoms with Gasteiger partial charge in [0.05, 0.1) is 0 Å². The third-order valence-electron chi connectivity index (χ3n) is 3.68. The molecule has 1 fully saturated rings. The monoisotopic (exact) mass is 480 g/mol. The Hall–Kier alpha value is -1.21. The van der Waals surface area contributed by atoms with Gasteiger partial charge in [-0.15, -0.1) is 0 Å². The standard InChI is InChI=1S/C8F16O3S/c9-1(4(14,15)8(21,22)23)2(10,11)5(16,17)7(20,28(25,26)27-24)6(18,19)3(1,12)13. The maximum atomic E-state index is 13.8. The van der Waals surface area contributed by atoms with E-state index in [-0.39, 0.29) is 0 Å². The Labute approximate surface area is 141 Å². The van der Waals surface area contributed by atoms with Crippen LogP contribution in [0, 0.1) is 0 Å². The highest BCUT2D eigenvalue weighted by Crippen LogP contribution is 2.74. The van der Waals surface area contributed by atoms with Crippen molar-refractivity contribution in [1.29, 1.82) is 0 Å². The summed E-state index contributed by atoms with van der Waals surface area (Å²) in [6, 6.07) is 0. The normalized spacial score (nSPS) is 34.9. The quantitative estimate of drug-likeness (QED) is 0.565. The highest BCUT2D eigenvalue weighted by molar-refractivity contribution is 7.88. The molecule has 3 nitrogen and oxygen atoms in total. The first-order valence-corrected chi connectivity index (χ1v) is 7.10. The smallest absolute Gasteiger partial charge is 0.223 e. The zero-order chi connectivity index (χ0) is 23.2. The van der Waals surface area contributed by atoms with Gasteiger partial charge in [-0.2, -0.15) is 65.5 Å². The van der Waals surface area contributed by atoms with E-state index in [0.717, 1.165) is 0 Å². The lowest BCUT2D eigenvalue weighted by Crippen LogP contribution is -2.90. The van der Waals surface area contributed by atoms with E-state index in [1.807, 2.05) is 0 Å². The van der Waals surface area contributed by atoms with Gasteiger partial charge < -0.3 is 0 Å². The SMILES string of the molecule is O=S(=O)(OF)C1(F)C(F)(F)C(F)(F)C(F)(C(F)(F)C(F)(F)F)C(F)(F)C1(F)F. The van der Waals surface area contributed by atoms with Crippen molar-refractivity contribution in [2.45, 2.75) is 46.5 Å². The molecule has 0 spiro atoms. The topological polar surface area (TPSA) is 43.4 Å². The molecule has 1 aliphatic rings. The van der Waals surface area contributed by atoms with Crippen LogP contribution in [-0.4, -0.2) is 54.9 Å². The van der Waals surface area contributed by atoms with Gasteiger partial charge in [0.1, 0.15) is 0 Å². The summed E-state index contributed by atoms with van der Waals surface area (Å²) < 4.78 is 232. The first kappa shape index (κ1) is 24.8. The van der Waals surface area contributed by atoms with Crippen molar-refractivity contribution in [3.05, 3.63) is 0 Å². The van der Waals surface area contributed by atoms with Crippen molar-refractivity contribution in [1.82, 2.24) is 0 Å². The van der Waals surface area contributed by atoms with Crippen LogP contribution in [0.25, 0.3) is 0 Å². The van der Waals surface area contributed by atoms with E-state index in [1.165, 1.54) is 4.39 Å². The van der Waals surface area contributed by atoms with Crippen LogP contribution in [0.3, 0.4) is 0 Å². The molecule has 0 amide bonds. The van der Waals surface area contributed by atoms with Crippen molar-refractivity contribution >= 4 is 10.1 Å². The van der Waals surface area contributed by atoms with Crippen LogP contribution in [0.5, 0.6) is 0 Å². The predicted molar refractivity (Wildman–Crippen MR) is 49.6 cm³/mol. The molecule has 1 rings (SSSR count). The van der Waals surface area contributed by atoms with E-state index in [4.69, 9.17) is 0 Å². The molecule has 168 valence electrons. The van der Waals surface area contributed by atoms with Gasteiger partial charge in [-0.05, 0) is 4.53 Å². The first-order valence-electron chi connectivity index (χ1n) is 5.69. The van der Waals surface area contributed by atoms with Crippen LogP contribution >= 0.6 is 0 Å². The predicted octanol–water partition coefficient (Wildman–Crippen LogP) is 4.34. The highest BCUT2D eigenvalue weighted by atomic mass is 32.2. The van der Waals surface area contributed by atoms with Crippen LogP contribution in [-0.2, 0) is 14.5 Å². The molecule has 0 bridgehead atoms. The molecule has 0 N–H and O–H groups in total. The molecule has 0 radical (unpaired) electrons. The van der Waals surface area contributed by atoms with Gasteiger partial charge in [0.2, 0.25) is 0 Å². The van der Waals surface area contributed by atoms with Gasteiger partial charge >= 0.3 is 56.6 Å². The van der Waals surface area contributed by atoms with Crippen molar-refractivity contribution in [2.75, 3.05) is 0 Å². The van der Waals surface area contributed by atoms with Crippen molar-refractivity contribution in [2.24, 2.45) is 0 Å². The number of hydrogen-bond donors (Lipinski definition) is 0. The summed E-state index contributed by atoms with van der Waals surface area (Å²) in [5.74, 6) is -42.3. The molecule has 0 aromatic heterocycles. The van der Waals surface area contributed by atoms with E-state index in [1.54, 1.807) is 0 Å². The van der Waals surface area contributed by atoms with Crippen LogP contribution in [0.15, 0.2) is 0 Å². The van der Waals surface area contributed by atoms with Crippen LogP contribution in [0.1, 0.15) is 0 Å². The molecule has 1 aliphatic carbocycles. The molecule has 0 aromatic rings. The molecule has 0 saturated heterocycles. The summed E-state index contributed by atoms with van der Waals surface area (Å²) in [7, 11) is -8.30. The van der Waals surface area contributed by atoms with E-state index >= 15 is 0 Å². The molecule has 0 unspecified atom stereocenters. The van der Waals surface area contributed by atoms with Crippen LogP contribution in [0.2, 0.25) is 0 Å². The Morgan fingerprint density at radius 3 is 1.11 bits per heavy atom. The molecule has 28 heavy (non-hydrogen) atoms. The summed E-state index contributed by atoms with van der Waals surface area (Å²) in [6.07, 6.45) is -7.99. The van der Waals surface area contributed by atoms with Gasteiger partial charge in [-0.3, -0.25) is 0 Å². The minimum Gasteiger partial charge on any atom is -0.223 e. The zero-order valence-corrected chi connectivity index (χ0v) is 12.5.